The van der Waals surface area contributed by atoms with Gasteiger partial charge in [-0.3, -0.25) is 0 Å². The Morgan fingerprint density at radius 3 is 2.41 bits per heavy atom. The number of nitrogens with zero attached hydrogens (tertiary/aromatic N) is 3. The predicted octanol–water partition coefficient (Wildman–Crippen LogP) is 4.14. The molecule has 0 unspecified atom stereocenters. The van der Waals surface area contributed by atoms with Gasteiger partial charge in [0.15, 0.2) is 0 Å². The summed E-state index contributed by atoms with van der Waals surface area (Å²) in [5, 5.41) is 3.30. The van der Waals surface area contributed by atoms with Gasteiger partial charge in [0, 0.05) is 41.6 Å². The summed E-state index contributed by atoms with van der Waals surface area (Å²) >= 11 is 0. The van der Waals surface area contributed by atoms with Gasteiger partial charge < -0.3 is 24.4 Å². The summed E-state index contributed by atoms with van der Waals surface area (Å²) in [5.74, 6) is 1.43. The Kier molecular flexibility index (Phi) is 5.92. The molecule has 7 nitrogen and oxygen atoms in total. The van der Waals surface area contributed by atoms with E-state index in [-0.39, 0.29) is 5.41 Å². The third-order valence-electron chi connectivity index (χ3n) is 5.79. The number of morpholine rings is 1. The first-order valence-electron chi connectivity index (χ1n) is 11.0. The molecule has 2 fully saturated rings. The zero-order valence-corrected chi connectivity index (χ0v) is 18.3. The predicted molar refractivity (Wildman–Crippen MR) is 125 cm³/mol. The summed E-state index contributed by atoms with van der Waals surface area (Å²) in [4.78, 5) is 11.4. The second kappa shape index (κ2) is 9.14. The number of hydrogen-bond acceptors (Lipinski definition) is 7. The smallest absolute Gasteiger partial charge is 0.227 e. The third-order valence-corrected chi connectivity index (χ3v) is 5.79. The lowest BCUT2D eigenvalue weighted by molar-refractivity contribution is -0.120. The van der Waals surface area contributed by atoms with Crippen molar-refractivity contribution in [3.8, 4) is 17.0 Å². The first-order valence-corrected chi connectivity index (χ1v) is 11.0. The monoisotopic (exact) mass is 432 g/mol. The lowest BCUT2D eigenvalue weighted by Crippen LogP contribution is -2.44. The fourth-order valence-electron chi connectivity index (χ4n) is 3.80. The van der Waals surface area contributed by atoms with E-state index in [0.29, 0.717) is 12.6 Å². The van der Waals surface area contributed by atoms with Gasteiger partial charge in [-0.2, -0.15) is 0 Å². The van der Waals surface area contributed by atoms with Crippen LogP contribution in [0.15, 0.2) is 60.8 Å². The first-order chi connectivity index (χ1) is 15.7. The number of anilines is 3. The Morgan fingerprint density at radius 1 is 0.969 bits per heavy atom. The van der Waals surface area contributed by atoms with Crippen molar-refractivity contribution >= 4 is 17.3 Å². The molecule has 0 aliphatic carbocycles. The van der Waals surface area contributed by atoms with Crippen molar-refractivity contribution in [3.63, 3.8) is 0 Å². The molecule has 3 aromatic rings. The largest absolute Gasteiger partial charge is 0.493 e. The van der Waals surface area contributed by atoms with E-state index >= 15 is 0 Å². The average Bonchev–Trinajstić information content (AvgIpc) is 2.83. The van der Waals surface area contributed by atoms with Crippen LogP contribution in [0.25, 0.3) is 11.3 Å². The van der Waals surface area contributed by atoms with Crippen molar-refractivity contribution in [3.05, 3.63) is 60.8 Å². The second-order valence-corrected chi connectivity index (χ2v) is 8.65. The van der Waals surface area contributed by atoms with Gasteiger partial charge in [-0.25, -0.2) is 9.97 Å². The van der Waals surface area contributed by atoms with E-state index in [1.807, 2.05) is 30.3 Å². The van der Waals surface area contributed by atoms with Crippen molar-refractivity contribution in [1.82, 2.24) is 9.97 Å². The molecule has 1 aromatic heterocycles. The normalized spacial score (nSPS) is 17.5. The molecule has 2 aromatic carbocycles. The maximum absolute atomic E-state index is 5.92. The van der Waals surface area contributed by atoms with E-state index in [4.69, 9.17) is 14.2 Å². The molecule has 0 radical (unpaired) electrons. The van der Waals surface area contributed by atoms with Crippen molar-refractivity contribution in [1.29, 1.82) is 0 Å². The molecule has 32 heavy (non-hydrogen) atoms. The Hall–Kier alpha value is -3.16. The molecular formula is C25H28N4O3. The summed E-state index contributed by atoms with van der Waals surface area (Å²) < 4.78 is 16.6. The molecule has 3 heterocycles. The molecule has 0 saturated carbocycles. The van der Waals surface area contributed by atoms with Gasteiger partial charge in [0.2, 0.25) is 5.95 Å². The molecule has 0 atom stereocenters. The minimum atomic E-state index is 0.131. The number of benzene rings is 2. The van der Waals surface area contributed by atoms with E-state index in [2.05, 4.69) is 51.4 Å². The Bertz CT molecular complexity index is 1030. The molecular weight excluding hydrogens is 404 g/mol. The van der Waals surface area contributed by atoms with Crippen LogP contribution in [0.4, 0.5) is 17.3 Å². The Balaban J connectivity index is 1.22. The van der Waals surface area contributed by atoms with E-state index in [9.17, 15) is 0 Å². The maximum Gasteiger partial charge on any atom is 0.227 e. The first kappa shape index (κ1) is 20.7. The van der Waals surface area contributed by atoms with Crippen molar-refractivity contribution < 1.29 is 14.2 Å². The standard InChI is InChI=1S/C25H28N4O3/c1-25(16-31-17-25)18-32-22-8-2-19(3-9-22)23-10-11-26-24(28-23)27-20-4-6-21(7-5-20)29-12-14-30-15-13-29/h2-11H,12-18H2,1H3,(H,26,27,28). The highest BCUT2D eigenvalue weighted by molar-refractivity contribution is 5.64. The van der Waals surface area contributed by atoms with Gasteiger partial charge >= 0.3 is 0 Å². The van der Waals surface area contributed by atoms with Crippen LogP contribution in [-0.4, -0.2) is 56.1 Å². The van der Waals surface area contributed by atoms with Gasteiger partial charge in [-0.1, -0.05) is 6.92 Å². The lowest BCUT2D eigenvalue weighted by Gasteiger charge is -2.37. The second-order valence-electron chi connectivity index (χ2n) is 8.65. The lowest BCUT2D eigenvalue weighted by atomic mass is 9.90. The SMILES string of the molecule is CC1(COc2ccc(-c3ccnc(Nc4ccc(N5CCOCC5)cc4)n3)cc2)COC1. The van der Waals surface area contributed by atoms with Crippen LogP contribution in [0.1, 0.15) is 6.92 Å². The fourth-order valence-corrected chi connectivity index (χ4v) is 3.80. The van der Waals surface area contributed by atoms with Crippen LogP contribution in [0, 0.1) is 5.41 Å². The number of ether oxygens (including phenoxy) is 3. The van der Waals surface area contributed by atoms with Crippen LogP contribution in [-0.2, 0) is 9.47 Å². The van der Waals surface area contributed by atoms with Crippen molar-refractivity contribution in [2.24, 2.45) is 5.41 Å². The fraction of sp³-hybridized carbons (Fsp3) is 0.360. The van der Waals surface area contributed by atoms with Crippen LogP contribution >= 0.6 is 0 Å². The number of aromatic nitrogens is 2. The summed E-state index contributed by atoms with van der Waals surface area (Å²) in [6, 6.07) is 18.3. The Labute approximate surface area is 188 Å². The van der Waals surface area contributed by atoms with E-state index < -0.39 is 0 Å². The number of nitrogens with one attached hydrogen (secondary N) is 1. The molecule has 2 aliphatic rings. The van der Waals surface area contributed by atoms with Gasteiger partial charge in [0.1, 0.15) is 5.75 Å². The highest BCUT2D eigenvalue weighted by Gasteiger charge is 2.34. The van der Waals surface area contributed by atoms with E-state index in [1.54, 1.807) is 6.20 Å². The van der Waals surface area contributed by atoms with Gasteiger partial charge in [-0.05, 0) is 54.6 Å². The number of rotatable bonds is 7. The van der Waals surface area contributed by atoms with Crippen LogP contribution < -0.4 is 15.0 Å². The van der Waals surface area contributed by atoms with Gasteiger partial charge in [-0.15, -0.1) is 0 Å². The molecule has 0 amide bonds. The molecule has 5 rings (SSSR count). The van der Waals surface area contributed by atoms with E-state index in [1.165, 1.54) is 5.69 Å². The molecule has 166 valence electrons. The molecule has 2 saturated heterocycles. The highest BCUT2D eigenvalue weighted by atomic mass is 16.5. The third kappa shape index (κ3) is 4.84. The van der Waals surface area contributed by atoms with Crippen LogP contribution in [0.2, 0.25) is 0 Å². The highest BCUT2D eigenvalue weighted by Crippen LogP contribution is 2.28. The molecule has 0 bridgehead atoms. The minimum Gasteiger partial charge on any atom is -0.493 e. The summed E-state index contributed by atoms with van der Waals surface area (Å²) in [7, 11) is 0. The zero-order chi connectivity index (χ0) is 21.8. The molecule has 0 spiro atoms. The molecule has 1 N–H and O–H groups in total. The quantitative estimate of drug-likeness (QED) is 0.602. The van der Waals surface area contributed by atoms with Crippen molar-refractivity contribution in [2.45, 2.75) is 6.92 Å². The van der Waals surface area contributed by atoms with Gasteiger partial charge in [0.25, 0.3) is 0 Å². The van der Waals surface area contributed by atoms with E-state index in [0.717, 1.165) is 62.2 Å². The number of hydrogen-bond donors (Lipinski definition) is 1. The summed E-state index contributed by atoms with van der Waals surface area (Å²) in [6.45, 7) is 7.78. The zero-order valence-electron chi connectivity index (χ0n) is 18.3. The topological polar surface area (TPSA) is 68.7 Å². The summed E-state index contributed by atoms with van der Waals surface area (Å²) in [5.41, 5.74) is 4.17. The van der Waals surface area contributed by atoms with Crippen molar-refractivity contribution in [2.75, 3.05) is 56.3 Å². The van der Waals surface area contributed by atoms with Crippen LogP contribution in [0.3, 0.4) is 0 Å². The Morgan fingerprint density at radius 2 is 1.72 bits per heavy atom. The maximum atomic E-state index is 5.92. The molecule has 2 aliphatic heterocycles. The average molecular weight is 433 g/mol. The van der Waals surface area contributed by atoms with Gasteiger partial charge in [0.05, 0.1) is 38.7 Å². The molecule has 7 heteroatoms. The summed E-state index contributed by atoms with van der Waals surface area (Å²) in [6.07, 6.45) is 1.77. The van der Waals surface area contributed by atoms with Crippen LogP contribution in [0.5, 0.6) is 5.75 Å². The minimum absolute atomic E-state index is 0.131.